The van der Waals surface area contributed by atoms with Crippen molar-refractivity contribution in [2.45, 2.75) is 31.8 Å². The zero-order valence-electron chi connectivity index (χ0n) is 12.8. The lowest BCUT2D eigenvalue weighted by Gasteiger charge is -2.42. The molecule has 0 unspecified atom stereocenters. The molecule has 0 aliphatic carbocycles. The average molecular weight is 307 g/mol. The van der Waals surface area contributed by atoms with Gasteiger partial charge in [-0.2, -0.15) is 0 Å². The third-order valence-electron chi connectivity index (χ3n) is 4.55. The van der Waals surface area contributed by atoms with E-state index in [1.165, 1.54) is 10.5 Å². The first-order chi connectivity index (χ1) is 10.5. The second kappa shape index (κ2) is 5.72. The van der Waals surface area contributed by atoms with E-state index in [4.69, 9.17) is 4.74 Å². The molecule has 1 N–H and O–H groups in total. The van der Waals surface area contributed by atoms with E-state index in [0.29, 0.717) is 13.1 Å². The van der Waals surface area contributed by atoms with Crippen molar-refractivity contribution in [1.82, 2.24) is 15.1 Å². The quantitative estimate of drug-likeness (QED) is 0.586. The van der Waals surface area contributed by atoms with Crippen LogP contribution in [0.4, 0.5) is 4.79 Å². The van der Waals surface area contributed by atoms with Gasteiger partial charge in [0, 0.05) is 13.1 Å². The number of rotatable bonds is 2. The van der Waals surface area contributed by atoms with Crippen LogP contribution in [-0.4, -0.2) is 66.0 Å². The normalized spacial score (nSPS) is 24.5. The zero-order chi connectivity index (χ0) is 15.7. The number of imide groups is 1. The van der Waals surface area contributed by atoms with E-state index >= 15 is 0 Å². The first-order valence-electron chi connectivity index (χ1n) is 7.66. The number of piperidine rings is 1. The van der Waals surface area contributed by atoms with E-state index in [1.807, 2.05) is 0 Å². The summed E-state index contributed by atoms with van der Waals surface area (Å²) in [5.74, 6) is -0.470. The van der Waals surface area contributed by atoms with E-state index in [2.05, 4.69) is 18.3 Å². The van der Waals surface area contributed by atoms with Crippen molar-refractivity contribution in [3.63, 3.8) is 0 Å². The molecule has 3 aliphatic rings. The van der Waals surface area contributed by atoms with Crippen molar-refractivity contribution in [3.8, 4) is 0 Å². The number of nitrogens with zero attached hydrogens (tertiary/aromatic N) is 2. The molecule has 0 aromatic heterocycles. The predicted molar refractivity (Wildman–Crippen MR) is 78.0 cm³/mol. The third-order valence-corrected chi connectivity index (χ3v) is 4.55. The van der Waals surface area contributed by atoms with Crippen LogP contribution in [0.5, 0.6) is 0 Å². The molecule has 120 valence electrons. The lowest BCUT2D eigenvalue weighted by atomic mass is 9.87. The van der Waals surface area contributed by atoms with Crippen molar-refractivity contribution in [3.05, 3.63) is 11.6 Å². The Labute approximate surface area is 129 Å². The van der Waals surface area contributed by atoms with Crippen LogP contribution in [0, 0.1) is 0 Å². The Morgan fingerprint density at radius 3 is 2.68 bits per heavy atom. The number of hydrogen-bond acceptors (Lipinski definition) is 4. The van der Waals surface area contributed by atoms with Gasteiger partial charge in [0.2, 0.25) is 11.8 Å². The van der Waals surface area contributed by atoms with Gasteiger partial charge in [-0.25, -0.2) is 4.79 Å². The van der Waals surface area contributed by atoms with Crippen molar-refractivity contribution in [1.29, 1.82) is 0 Å². The fourth-order valence-electron chi connectivity index (χ4n) is 3.28. The van der Waals surface area contributed by atoms with Crippen molar-refractivity contribution in [2.24, 2.45) is 0 Å². The van der Waals surface area contributed by atoms with E-state index in [0.717, 1.165) is 25.9 Å². The maximum atomic E-state index is 12.3. The van der Waals surface area contributed by atoms with Gasteiger partial charge in [-0.1, -0.05) is 11.6 Å². The Kier molecular flexibility index (Phi) is 3.90. The molecule has 3 rings (SSSR count). The van der Waals surface area contributed by atoms with Crippen LogP contribution >= 0.6 is 0 Å². The highest BCUT2D eigenvalue weighted by atomic mass is 16.5. The Bertz CT molecular complexity index is 535. The molecule has 7 heteroatoms. The molecule has 0 bridgehead atoms. The van der Waals surface area contributed by atoms with Gasteiger partial charge in [-0.3, -0.25) is 14.9 Å². The van der Waals surface area contributed by atoms with Gasteiger partial charge in [0.1, 0.15) is 13.1 Å². The second-order valence-electron chi connectivity index (χ2n) is 6.24. The molecular weight excluding hydrogens is 286 g/mol. The summed E-state index contributed by atoms with van der Waals surface area (Å²) < 4.78 is 5.94. The predicted octanol–water partition coefficient (Wildman–Crippen LogP) is 0.266. The van der Waals surface area contributed by atoms with Gasteiger partial charge < -0.3 is 14.5 Å². The number of carbonyl (C=O) groups is 3. The van der Waals surface area contributed by atoms with Gasteiger partial charge in [-0.15, -0.1) is 0 Å². The molecule has 1 spiro atoms. The number of nitrogens with one attached hydrogen (secondary N) is 1. The molecule has 2 saturated heterocycles. The smallest absolute Gasteiger partial charge is 0.325 e. The molecule has 7 nitrogen and oxygen atoms in total. The van der Waals surface area contributed by atoms with Crippen molar-refractivity contribution < 1.29 is 19.1 Å². The highest BCUT2D eigenvalue weighted by Crippen LogP contribution is 2.32. The lowest BCUT2D eigenvalue weighted by molar-refractivity contribution is -0.136. The number of carbonyl (C=O) groups excluding carboxylic acids is 3. The molecule has 0 aromatic rings. The summed E-state index contributed by atoms with van der Waals surface area (Å²) in [6.45, 7) is 4.02. The minimum Gasteiger partial charge on any atom is -0.370 e. The molecule has 0 saturated carbocycles. The highest BCUT2D eigenvalue weighted by Gasteiger charge is 2.37. The molecule has 2 fully saturated rings. The summed E-state index contributed by atoms with van der Waals surface area (Å²) >= 11 is 0. The second-order valence-corrected chi connectivity index (χ2v) is 6.24. The summed E-state index contributed by atoms with van der Waals surface area (Å²) in [4.78, 5) is 37.9. The van der Waals surface area contributed by atoms with Crippen LogP contribution in [0.3, 0.4) is 0 Å². The summed E-state index contributed by atoms with van der Waals surface area (Å²) in [5, 5.41) is 2.18. The fourth-order valence-corrected chi connectivity index (χ4v) is 3.28. The molecule has 22 heavy (non-hydrogen) atoms. The number of ether oxygens (including phenoxy) is 1. The zero-order valence-corrected chi connectivity index (χ0v) is 12.8. The summed E-state index contributed by atoms with van der Waals surface area (Å²) in [5.41, 5.74) is 1.12. The molecule has 3 aliphatic heterocycles. The third kappa shape index (κ3) is 2.99. The van der Waals surface area contributed by atoms with Crippen molar-refractivity contribution >= 4 is 17.8 Å². The van der Waals surface area contributed by atoms with Gasteiger partial charge in [0.15, 0.2) is 0 Å². The van der Waals surface area contributed by atoms with Crippen LogP contribution < -0.4 is 5.32 Å². The molecular formula is C15H21N3O4. The monoisotopic (exact) mass is 307 g/mol. The average Bonchev–Trinajstić information content (AvgIpc) is 2.77. The van der Waals surface area contributed by atoms with Gasteiger partial charge in [0.05, 0.1) is 12.2 Å². The molecule has 0 aromatic carbocycles. The summed E-state index contributed by atoms with van der Waals surface area (Å²) in [7, 11) is 0. The Morgan fingerprint density at radius 2 is 2.09 bits per heavy atom. The molecule has 0 atom stereocenters. The van der Waals surface area contributed by atoms with Crippen LogP contribution in [0.2, 0.25) is 0 Å². The van der Waals surface area contributed by atoms with Gasteiger partial charge in [-0.05, 0) is 26.2 Å². The Balaban J connectivity index is 1.55. The Morgan fingerprint density at radius 1 is 1.36 bits per heavy atom. The number of amides is 4. The Hall–Kier alpha value is -1.89. The fraction of sp³-hybridized carbons (Fsp3) is 0.667. The van der Waals surface area contributed by atoms with Crippen molar-refractivity contribution in [2.75, 3.05) is 32.8 Å². The number of urea groups is 1. The van der Waals surface area contributed by atoms with E-state index in [-0.39, 0.29) is 30.5 Å². The topological polar surface area (TPSA) is 79.0 Å². The molecule has 0 radical (unpaired) electrons. The first-order valence-corrected chi connectivity index (χ1v) is 7.66. The van der Waals surface area contributed by atoms with E-state index in [1.54, 1.807) is 4.90 Å². The maximum Gasteiger partial charge on any atom is 0.325 e. The van der Waals surface area contributed by atoms with Crippen LogP contribution in [0.25, 0.3) is 0 Å². The standard InChI is InChI=1S/C15H21N3O4/c1-11-2-7-22-15(8-11)3-5-17(6-4-15)13(20)10-18-9-12(19)16-14(18)21/h8H,2-7,9-10H2,1H3,(H,16,19,21). The van der Waals surface area contributed by atoms with Crippen LogP contribution in [-0.2, 0) is 14.3 Å². The largest absolute Gasteiger partial charge is 0.370 e. The highest BCUT2D eigenvalue weighted by molar-refractivity contribution is 6.03. The van der Waals surface area contributed by atoms with E-state index in [9.17, 15) is 14.4 Å². The van der Waals surface area contributed by atoms with Gasteiger partial charge >= 0.3 is 6.03 Å². The summed E-state index contributed by atoms with van der Waals surface area (Å²) in [6, 6.07) is -0.485. The lowest BCUT2D eigenvalue weighted by Crippen LogP contribution is -2.50. The minimum atomic E-state index is -0.485. The molecule has 3 heterocycles. The van der Waals surface area contributed by atoms with E-state index < -0.39 is 6.03 Å². The minimum absolute atomic E-state index is 0.0343. The SMILES string of the molecule is CC1=CC2(CCN(C(=O)CN3CC(=O)NC3=O)CC2)OCC1. The maximum absolute atomic E-state index is 12.3. The summed E-state index contributed by atoms with van der Waals surface area (Å²) in [6.07, 6.45) is 4.73. The first kappa shape index (κ1) is 15.0. The van der Waals surface area contributed by atoms with Crippen LogP contribution in [0.15, 0.2) is 11.6 Å². The molecule has 4 amide bonds. The number of likely N-dealkylation sites (tertiary alicyclic amines) is 1. The van der Waals surface area contributed by atoms with Gasteiger partial charge in [0.25, 0.3) is 0 Å². The van der Waals surface area contributed by atoms with Crippen LogP contribution in [0.1, 0.15) is 26.2 Å². The number of hydrogen-bond donors (Lipinski definition) is 1.